The summed E-state index contributed by atoms with van der Waals surface area (Å²) in [6, 6.07) is 13.7. The predicted molar refractivity (Wildman–Crippen MR) is 138 cm³/mol. The Labute approximate surface area is 217 Å². The lowest BCUT2D eigenvalue weighted by molar-refractivity contribution is -0.123. The van der Waals surface area contributed by atoms with E-state index in [1.54, 1.807) is 17.2 Å². The minimum Gasteiger partial charge on any atom is -0.282 e. The van der Waals surface area contributed by atoms with Crippen LogP contribution in [-0.4, -0.2) is 41.7 Å². The Morgan fingerprint density at radius 3 is 2.59 bits per heavy atom. The number of halogens is 2. The number of anilines is 1. The van der Waals surface area contributed by atoms with E-state index < -0.39 is 32.5 Å². The second-order valence-electron chi connectivity index (χ2n) is 8.92. The van der Waals surface area contributed by atoms with E-state index in [1.165, 1.54) is 11.3 Å². The minimum atomic E-state index is -4.23. The number of nitrogens with zero attached hydrogens (tertiary/aromatic N) is 4. The zero-order valence-electron chi connectivity index (χ0n) is 20.0. The SMILES string of the molecule is Cc1cccc2sc(N(Cc3ccccn3)C(=O)C3CCN(S(=O)(=O)c4cc(F)ccc4F)CC3)nc12. The monoisotopic (exact) mass is 542 g/mol. The summed E-state index contributed by atoms with van der Waals surface area (Å²) in [6.07, 6.45) is 2.16. The third-order valence-corrected chi connectivity index (χ3v) is 9.42. The van der Waals surface area contributed by atoms with Gasteiger partial charge in [-0.15, -0.1) is 0 Å². The molecule has 2 aromatic carbocycles. The molecule has 4 aromatic rings. The maximum atomic E-state index is 14.2. The number of thiazole rings is 1. The fourth-order valence-electron chi connectivity index (χ4n) is 4.46. The number of hydrogen-bond acceptors (Lipinski definition) is 6. The van der Waals surface area contributed by atoms with E-state index >= 15 is 0 Å². The molecule has 1 fully saturated rings. The molecule has 0 bridgehead atoms. The summed E-state index contributed by atoms with van der Waals surface area (Å²) in [4.78, 5) is 23.8. The van der Waals surface area contributed by atoms with Crippen LogP contribution in [0.15, 0.2) is 65.7 Å². The molecular weight excluding hydrogens is 518 g/mol. The van der Waals surface area contributed by atoms with Crippen molar-refractivity contribution in [2.24, 2.45) is 5.92 Å². The number of fused-ring (bicyclic) bond motifs is 1. The number of aryl methyl sites for hydroxylation is 1. The van der Waals surface area contributed by atoms with Crippen LogP contribution in [0.1, 0.15) is 24.1 Å². The molecule has 7 nitrogen and oxygen atoms in total. The van der Waals surface area contributed by atoms with E-state index in [0.29, 0.717) is 16.9 Å². The van der Waals surface area contributed by atoms with Gasteiger partial charge in [0.15, 0.2) is 5.13 Å². The van der Waals surface area contributed by atoms with Crippen molar-refractivity contribution >= 4 is 42.6 Å². The summed E-state index contributed by atoms with van der Waals surface area (Å²) >= 11 is 1.42. The summed E-state index contributed by atoms with van der Waals surface area (Å²) in [5.41, 5.74) is 2.54. The largest absolute Gasteiger partial charge is 0.282 e. The van der Waals surface area contributed by atoms with Crippen LogP contribution in [0, 0.1) is 24.5 Å². The first-order chi connectivity index (χ1) is 17.7. The van der Waals surface area contributed by atoms with E-state index in [1.807, 2.05) is 37.3 Å². The van der Waals surface area contributed by atoms with Crippen molar-refractivity contribution in [2.75, 3.05) is 18.0 Å². The first-order valence-electron chi connectivity index (χ1n) is 11.8. The Morgan fingerprint density at radius 2 is 1.89 bits per heavy atom. The maximum absolute atomic E-state index is 14.2. The Balaban J connectivity index is 1.38. The molecule has 0 radical (unpaired) electrons. The smallest absolute Gasteiger partial charge is 0.246 e. The lowest BCUT2D eigenvalue weighted by Gasteiger charge is -2.33. The third-order valence-electron chi connectivity index (χ3n) is 6.47. The number of sulfonamides is 1. The van der Waals surface area contributed by atoms with Crippen molar-refractivity contribution in [3.8, 4) is 0 Å². The average molecular weight is 543 g/mol. The van der Waals surface area contributed by atoms with Crippen LogP contribution in [-0.2, 0) is 21.4 Å². The van der Waals surface area contributed by atoms with Crippen molar-refractivity contribution in [1.82, 2.24) is 14.3 Å². The molecule has 1 saturated heterocycles. The minimum absolute atomic E-state index is 0.0189. The highest BCUT2D eigenvalue weighted by Gasteiger charge is 2.36. The van der Waals surface area contributed by atoms with Crippen LogP contribution in [0.25, 0.3) is 10.2 Å². The Morgan fingerprint density at radius 1 is 1.11 bits per heavy atom. The normalized spacial score (nSPS) is 15.2. The van der Waals surface area contributed by atoms with Crippen molar-refractivity contribution in [2.45, 2.75) is 31.2 Å². The second-order valence-corrected chi connectivity index (χ2v) is 11.8. The lowest BCUT2D eigenvalue weighted by atomic mass is 9.96. The van der Waals surface area contributed by atoms with Crippen LogP contribution in [0.5, 0.6) is 0 Å². The summed E-state index contributed by atoms with van der Waals surface area (Å²) in [5, 5.41) is 0.553. The molecule has 1 aliphatic heterocycles. The number of carbonyl (C=O) groups excluding carboxylic acids is 1. The first kappa shape index (κ1) is 25.4. The predicted octanol–water partition coefficient (Wildman–Crippen LogP) is 4.91. The molecule has 3 heterocycles. The molecule has 0 atom stereocenters. The quantitative estimate of drug-likeness (QED) is 0.346. The van der Waals surface area contributed by atoms with Crippen molar-refractivity contribution in [1.29, 1.82) is 0 Å². The van der Waals surface area contributed by atoms with Gasteiger partial charge in [-0.25, -0.2) is 22.2 Å². The molecule has 2 aromatic heterocycles. The molecular formula is C26H24F2N4O3S2. The molecule has 5 rings (SSSR count). The number of amides is 1. The van der Waals surface area contributed by atoms with Crippen LogP contribution >= 0.6 is 11.3 Å². The molecule has 0 aliphatic carbocycles. The van der Waals surface area contributed by atoms with Gasteiger partial charge >= 0.3 is 0 Å². The van der Waals surface area contributed by atoms with Gasteiger partial charge in [0.25, 0.3) is 0 Å². The summed E-state index contributed by atoms with van der Waals surface area (Å²) in [6.45, 7) is 2.23. The molecule has 0 saturated carbocycles. The summed E-state index contributed by atoms with van der Waals surface area (Å²) < 4.78 is 55.8. The van der Waals surface area contributed by atoms with Crippen molar-refractivity contribution < 1.29 is 22.0 Å². The van der Waals surface area contributed by atoms with E-state index in [9.17, 15) is 22.0 Å². The number of carbonyl (C=O) groups is 1. The van der Waals surface area contributed by atoms with E-state index in [-0.39, 0.29) is 38.4 Å². The van der Waals surface area contributed by atoms with Gasteiger partial charge in [0.1, 0.15) is 16.5 Å². The van der Waals surface area contributed by atoms with Gasteiger partial charge in [-0.2, -0.15) is 4.31 Å². The number of benzene rings is 2. The highest BCUT2D eigenvalue weighted by Crippen LogP contribution is 2.34. The number of piperidine rings is 1. The van der Waals surface area contributed by atoms with Crippen LogP contribution < -0.4 is 4.90 Å². The van der Waals surface area contributed by atoms with Crippen LogP contribution in [0.4, 0.5) is 13.9 Å². The van der Waals surface area contributed by atoms with Gasteiger partial charge < -0.3 is 0 Å². The molecule has 1 amide bonds. The van der Waals surface area contributed by atoms with Crippen molar-refractivity contribution in [3.63, 3.8) is 0 Å². The van der Waals surface area contributed by atoms with E-state index in [2.05, 4.69) is 4.98 Å². The summed E-state index contributed by atoms with van der Waals surface area (Å²) in [5.74, 6) is -2.47. The Bertz CT molecular complexity index is 1550. The van der Waals surface area contributed by atoms with Crippen molar-refractivity contribution in [3.05, 3.63) is 83.7 Å². The Hall–Kier alpha value is -3.28. The number of aromatic nitrogens is 2. The highest BCUT2D eigenvalue weighted by molar-refractivity contribution is 7.89. The van der Waals surface area contributed by atoms with Gasteiger partial charge in [0.2, 0.25) is 15.9 Å². The van der Waals surface area contributed by atoms with Gasteiger partial charge in [-0.3, -0.25) is 14.7 Å². The van der Waals surface area contributed by atoms with E-state index in [4.69, 9.17) is 4.98 Å². The molecule has 0 unspecified atom stereocenters. The van der Waals surface area contributed by atoms with Crippen LogP contribution in [0.2, 0.25) is 0 Å². The van der Waals surface area contributed by atoms with Gasteiger partial charge in [0, 0.05) is 25.2 Å². The molecule has 1 aliphatic rings. The average Bonchev–Trinajstić information content (AvgIpc) is 3.34. The maximum Gasteiger partial charge on any atom is 0.246 e. The fourth-order valence-corrected chi connectivity index (χ4v) is 7.05. The molecule has 192 valence electrons. The van der Waals surface area contributed by atoms with Gasteiger partial charge in [-0.1, -0.05) is 29.5 Å². The van der Waals surface area contributed by atoms with Gasteiger partial charge in [0.05, 0.1) is 22.5 Å². The first-order valence-corrected chi connectivity index (χ1v) is 14.0. The topological polar surface area (TPSA) is 83.5 Å². The molecule has 0 spiro atoms. The fraction of sp³-hybridized carbons (Fsp3) is 0.269. The summed E-state index contributed by atoms with van der Waals surface area (Å²) in [7, 11) is -4.23. The molecule has 0 N–H and O–H groups in total. The van der Waals surface area contributed by atoms with Crippen LogP contribution in [0.3, 0.4) is 0 Å². The molecule has 11 heteroatoms. The number of pyridine rings is 1. The zero-order valence-corrected chi connectivity index (χ0v) is 21.6. The Kier molecular flexibility index (Phi) is 7.02. The zero-order chi connectivity index (χ0) is 26.2. The third kappa shape index (κ3) is 5.11. The number of rotatable bonds is 6. The number of para-hydroxylation sites is 1. The van der Waals surface area contributed by atoms with E-state index in [0.717, 1.165) is 32.2 Å². The van der Waals surface area contributed by atoms with Gasteiger partial charge in [-0.05, 0) is 61.7 Å². The lowest BCUT2D eigenvalue weighted by Crippen LogP contribution is -2.44. The number of hydrogen-bond donors (Lipinski definition) is 0. The molecule has 37 heavy (non-hydrogen) atoms. The standard InChI is InChI=1S/C26H24F2N4O3S2/c1-17-5-4-7-22-24(17)30-26(36-22)32(16-20-6-2-3-12-29-20)25(33)18-10-13-31(14-11-18)37(34,35)23-15-19(27)8-9-21(23)28/h2-9,12,15,18H,10-11,13-14,16H2,1H3. The highest BCUT2D eigenvalue weighted by atomic mass is 32.2. The second kappa shape index (κ2) is 10.2.